The fourth-order valence-electron chi connectivity index (χ4n) is 4.92. The van der Waals surface area contributed by atoms with Gasteiger partial charge < -0.3 is 23.2 Å². The smallest absolute Gasteiger partial charge is 0.493 e. The van der Waals surface area contributed by atoms with Crippen molar-refractivity contribution < 1.29 is 37.5 Å². The molecule has 0 atom stereocenters. The van der Waals surface area contributed by atoms with Crippen LogP contribution in [-0.4, -0.2) is 31.1 Å². The van der Waals surface area contributed by atoms with E-state index in [9.17, 15) is 14.4 Å². The van der Waals surface area contributed by atoms with Gasteiger partial charge in [0, 0.05) is 18.4 Å². The average molecular weight is 587 g/mol. The minimum atomic E-state index is -4.89. The van der Waals surface area contributed by atoms with Crippen LogP contribution in [0.3, 0.4) is 0 Å². The van der Waals surface area contributed by atoms with E-state index in [1.807, 2.05) is 72.8 Å². The van der Waals surface area contributed by atoms with Crippen LogP contribution in [0.4, 0.5) is 0 Å². The molecular weight excluding hydrogens is 555 g/mol. The van der Waals surface area contributed by atoms with E-state index < -0.39 is 7.82 Å². The molecule has 0 radical (unpaired) electrons. The zero-order valence-electron chi connectivity index (χ0n) is 23.4. The lowest BCUT2D eigenvalue weighted by atomic mass is 9.97. The summed E-state index contributed by atoms with van der Waals surface area (Å²) in [7, 11) is -0.269. The third-order valence-electron chi connectivity index (χ3n) is 6.76. The first-order chi connectivity index (χ1) is 20.3. The van der Waals surface area contributed by atoms with Crippen molar-refractivity contribution in [3.05, 3.63) is 119 Å². The second kappa shape index (κ2) is 12.6. The summed E-state index contributed by atoms with van der Waals surface area (Å²) in [6.07, 6.45) is 4.62. The number of phosphoric acid groups is 1. The second-order valence-electron chi connectivity index (χ2n) is 9.59. The molecule has 4 aromatic carbocycles. The van der Waals surface area contributed by atoms with Gasteiger partial charge in [-0.1, -0.05) is 72.8 Å². The number of rotatable bonds is 11. The van der Waals surface area contributed by atoms with Gasteiger partial charge in [-0.3, -0.25) is 9.79 Å². The Labute approximate surface area is 244 Å². The van der Waals surface area contributed by atoms with Crippen LogP contribution in [0.15, 0.2) is 89.3 Å². The molecule has 0 saturated carbocycles. The summed E-state index contributed by atoms with van der Waals surface area (Å²) in [6.45, 7) is 0. The molecule has 5 rings (SSSR count). The molecule has 9 heteroatoms. The number of fused-ring (bicyclic) bond motifs is 1. The Kier molecular flexibility index (Phi) is 8.69. The number of benzene rings is 4. The van der Waals surface area contributed by atoms with Crippen LogP contribution in [0.5, 0.6) is 23.0 Å². The van der Waals surface area contributed by atoms with E-state index in [0.717, 1.165) is 22.3 Å². The molecule has 0 unspecified atom stereocenters. The first-order valence-corrected chi connectivity index (χ1v) is 14.7. The molecule has 0 aliphatic heterocycles. The van der Waals surface area contributed by atoms with Gasteiger partial charge in [-0.2, -0.15) is 0 Å². The first-order valence-electron chi connectivity index (χ1n) is 13.2. The molecule has 42 heavy (non-hydrogen) atoms. The zero-order valence-corrected chi connectivity index (χ0v) is 24.3. The maximum Gasteiger partial charge on any atom is 0.524 e. The summed E-state index contributed by atoms with van der Waals surface area (Å²) in [5, 5.41) is 0.526. The minimum absolute atomic E-state index is 0.0411. The van der Waals surface area contributed by atoms with E-state index in [4.69, 9.17) is 23.2 Å². The number of hydrogen-bond acceptors (Lipinski definition) is 6. The largest absolute Gasteiger partial charge is 0.524 e. The number of ether oxygens (including phenoxy) is 3. The van der Waals surface area contributed by atoms with Gasteiger partial charge in [0.05, 0.1) is 26.7 Å². The summed E-state index contributed by atoms with van der Waals surface area (Å²) in [5.74, 6) is 2.21. The molecule has 5 aromatic rings. The molecule has 0 aliphatic carbocycles. The van der Waals surface area contributed by atoms with E-state index in [0.29, 0.717) is 52.4 Å². The molecule has 0 bridgehead atoms. The number of methoxy groups -OCH3 is 3. The SMILES string of the molecule is COc1cc(C=Cc2cc(OP(=O)(O)O)c3c(Cc4ccccc4)c(Cc4ccccc4)oc3c2)cc(OC)c1OC. The molecule has 0 amide bonds. The van der Waals surface area contributed by atoms with Crippen LogP contribution in [0, 0.1) is 0 Å². The zero-order chi connectivity index (χ0) is 29.7. The normalized spacial score (nSPS) is 11.6. The third kappa shape index (κ3) is 6.69. The number of phosphoric ester groups is 1. The third-order valence-corrected chi connectivity index (χ3v) is 7.20. The standard InChI is InChI=1S/C33H31O8P/c1-37-30-20-25(21-31(38-2)33(30)39-3)15-14-24-18-28-32(29(19-24)41-42(34,35)36)26(16-22-10-6-4-7-11-22)27(40-28)17-23-12-8-5-9-13-23/h4-15,18-21H,16-17H2,1-3H3,(H2,34,35,36). The predicted molar refractivity (Wildman–Crippen MR) is 162 cm³/mol. The van der Waals surface area contributed by atoms with Crippen LogP contribution in [0.2, 0.25) is 0 Å². The van der Waals surface area contributed by atoms with E-state index >= 15 is 0 Å². The molecular formula is C33H31O8P. The monoisotopic (exact) mass is 586 g/mol. The van der Waals surface area contributed by atoms with Crippen molar-refractivity contribution in [1.82, 2.24) is 0 Å². The summed E-state index contributed by atoms with van der Waals surface area (Å²) in [5.41, 5.74) is 4.72. The maximum absolute atomic E-state index is 12.1. The highest BCUT2D eigenvalue weighted by Crippen LogP contribution is 2.45. The molecule has 216 valence electrons. The second-order valence-corrected chi connectivity index (χ2v) is 10.8. The van der Waals surface area contributed by atoms with Crippen molar-refractivity contribution in [3.8, 4) is 23.0 Å². The highest BCUT2D eigenvalue weighted by molar-refractivity contribution is 7.46. The Morgan fingerprint density at radius 2 is 1.24 bits per heavy atom. The fourth-order valence-corrected chi connectivity index (χ4v) is 5.32. The molecule has 0 saturated heterocycles. The van der Waals surface area contributed by atoms with Gasteiger partial charge in [-0.15, -0.1) is 0 Å². The summed E-state index contributed by atoms with van der Waals surface area (Å²) < 4.78 is 40.1. The molecule has 0 aliphatic rings. The van der Waals surface area contributed by atoms with E-state index in [-0.39, 0.29) is 5.75 Å². The lowest BCUT2D eigenvalue weighted by Crippen LogP contribution is -1.97. The number of hydrogen-bond donors (Lipinski definition) is 2. The minimum Gasteiger partial charge on any atom is -0.493 e. The molecule has 8 nitrogen and oxygen atoms in total. The van der Waals surface area contributed by atoms with Gasteiger partial charge >= 0.3 is 7.82 Å². The van der Waals surface area contributed by atoms with E-state index in [2.05, 4.69) is 0 Å². The fraction of sp³-hybridized carbons (Fsp3) is 0.152. The van der Waals surface area contributed by atoms with Crippen LogP contribution in [0.1, 0.15) is 33.6 Å². The Hall–Kier alpha value is -4.49. The Morgan fingerprint density at radius 1 is 0.714 bits per heavy atom. The van der Waals surface area contributed by atoms with E-state index in [1.54, 1.807) is 38.5 Å². The van der Waals surface area contributed by atoms with Gasteiger partial charge in [0.25, 0.3) is 0 Å². The molecule has 0 fully saturated rings. The quantitative estimate of drug-likeness (QED) is 0.123. The Bertz CT molecular complexity index is 1730. The highest BCUT2D eigenvalue weighted by atomic mass is 31.2. The topological polar surface area (TPSA) is 108 Å². The lowest BCUT2D eigenvalue weighted by Gasteiger charge is -2.13. The van der Waals surface area contributed by atoms with E-state index in [1.165, 1.54) is 7.11 Å². The van der Waals surface area contributed by atoms with Crippen molar-refractivity contribution >= 4 is 30.9 Å². The van der Waals surface area contributed by atoms with Crippen LogP contribution < -0.4 is 18.7 Å². The van der Waals surface area contributed by atoms with Crippen LogP contribution in [0.25, 0.3) is 23.1 Å². The maximum atomic E-state index is 12.1. The molecule has 1 heterocycles. The summed E-state index contributed by atoms with van der Waals surface area (Å²) >= 11 is 0. The Morgan fingerprint density at radius 3 is 1.76 bits per heavy atom. The van der Waals surface area contributed by atoms with Crippen molar-refractivity contribution in [1.29, 1.82) is 0 Å². The molecule has 2 N–H and O–H groups in total. The van der Waals surface area contributed by atoms with Crippen molar-refractivity contribution in [2.75, 3.05) is 21.3 Å². The van der Waals surface area contributed by atoms with Gasteiger partial charge in [-0.05, 0) is 46.5 Å². The van der Waals surface area contributed by atoms with Crippen molar-refractivity contribution in [2.45, 2.75) is 12.8 Å². The van der Waals surface area contributed by atoms with Crippen molar-refractivity contribution in [2.24, 2.45) is 0 Å². The van der Waals surface area contributed by atoms with Crippen LogP contribution >= 0.6 is 7.82 Å². The first kappa shape index (κ1) is 29.0. The Balaban J connectivity index is 1.64. The van der Waals surface area contributed by atoms with Crippen molar-refractivity contribution in [3.63, 3.8) is 0 Å². The van der Waals surface area contributed by atoms with Crippen LogP contribution in [-0.2, 0) is 17.4 Å². The average Bonchev–Trinajstić information content (AvgIpc) is 3.32. The summed E-state index contributed by atoms with van der Waals surface area (Å²) in [6, 6.07) is 26.8. The lowest BCUT2D eigenvalue weighted by molar-refractivity contribution is 0.284. The van der Waals surface area contributed by atoms with Gasteiger partial charge in [0.1, 0.15) is 17.1 Å². The number of furan rings is 1. The van der Waals surface area contributed by atoms with Gasteiger partial charge in [-0.25, -0.2) is 4.57 Å². The summed E-state index contributed by atoms with van der Waals surface area (Å²) in [4.78, 5) is 19.6. The molecule has 1 aromatic heterocycles. The molecule has 0 spiro atoms. The highest BCUT2D eigenvalue weighted by Gasteiger charge is 2.24. The van der Waals surface area contributed by atoms with Gasteiger partial charge in [0.2, 0.25) is 5.75 Å². The van der Waals surface area contributed by atoms with Gasteiger partial charge in [0.15, 0.2) is 11.5 Å². The predicted octanol–water partition coefficient (Wildman–Crippen LogP) is 7.28.